The summed E-state index contributed by atoms with van der Waals surface area (Å²) in [5, 5.41) is 11.0. The SMILES string of the molecule is O=C(O)C/C(=C/c1cc(Br)cs1)c1nc2ccccc2o1. The van der Waals surface area contributed by atoms with Crippen LogP contribution in [0.25, 0.3) is 22.7 Å². The first-order valence-electron chi connectivity index (χ1n) is 6.14. The Bertz CT molecular complexity index is 801. The van der Waals surface area contributed by atoms with Crippen LogP contribution in [-0.2, 0) is 4.79 Å². The molecule has 1 N–H and O–H groups in total. The number of aliphatic carboxylic acids is 1. The molecule has 21 heavy (non-hydrogen) atoms. The van der Waals surface area contributed by atoms with Gasteiger partial charge in [-0.3, -0.25) is 4.79 Å². The molecular weight excluding hydrogens is 354 g/mol. The van der Waals surface area contributed by atoms with Gasteiger partial charge in [-0.2, -0.15) is 0 Å². The first kappa shape index (κ1) is 14.0. The standard InChI is InChI=1S/C15H10BrNO3S/c16-10-7-11(21-8-10)5-9(6-14(18)19)15-17-12-3-1-2-4-13(12)20-15/h1-5,7-8H,6H2,(H,18,19)/b9-5-. The van der Waals surface area contributed by atoms with Gasteiger partial charge in [0.25, 0.3) is 0 Å². The maximum absolute atomic E-state index is 11.1. The van der Waals surface area contributed by atoms with E-state index >= 15 is 0 Å². The summed E-state index contributed by atoms with van der Waals surface area (Å²) in [6, 6.07) is 9.30. The fourth-order valence-electron chi connectivity index (χ4n) is 1.94. The van der Waals surface area contributed by atoms with Gasteiger partial charge in [-0.1, -0.05) is 12.1 Å². The molecule has 0 unspecified atom stereocenters. The van der Waals surface area contributed by atoms with Crippen LogP contribution in [0.15, 0.2) is 44.6 Å². The van der Waals surface area contributed by atoms with E-state index in [0.717, 1.165) is 14.9 Å². The van der Waals surface area contributed by atoms with Gasteiger partial charge in [0, 0.05) is 20.3 Å². The fourth-order valence-corrected chi connectivity index (χ4v) is 3.34. The molecule has 0 spiro atoms. The van der Waals surface area contributed by atoms with Crippen molar-refractivity contribution < 1.29 is 14.3 Å². The van der Waals surface area contributed by atoms with Crippen LogP contribution in [0, 0.1) is 0 Å². The van der Waals surface area contributed by atoms with E-state index in [1.165, 1.54) is 11.3 Å². The first-order chi connectivity index (χ1) is 10.1. The molecule has 0 aliphatic rings. The minimum absolute atomic E-state index is 0.137. The van der Waals surface area contributed by atoms with Crippen LogP contribution in [0.2, 0.25) is 0 Å². The number of para-hydroxylation sites is 2. The molecule has 106 valence electrons. The quantitative estimate of drug-likeness (QED) is 0.731. The molecule has 6 heteroatoms. The molecule has 0 aliphatic carbocycles. The second-order valence-electron chi connectivity index (χ2n) is 4.39. The number of nitrogens with zero attached hydrogens (tertiary/aromatic N) is 1. The topological polar surface area (TPSA) is 63.3 Å². The molecule has 0 bridgehead atoms. The third kappa shape index (κ3) is 3.22. The molecule has 0 aliphatic heterocycles. The fraction of sp³-hybridized carbons (Fsp3) is 0.0667. The molecule has 3 rings (SSSR count). The zero-order chi connectivity index (χ0) is 14.8. The molecule has 3 aromatic rings. The highest BCUT2D eigenvalue weighted by Crippen LogP contribution is 2.28. The Labute approximate surface area is 132 Å². The number of aromatic nitrogens is 1. The van der Waals surface area contributed by atoms with Crippen molar-refractivity contribution in [2.24, 2.45) is 0 Å². The van der Waals surface area contributed by atoms with Gasteiger partial charge in [0.2, 0.25) is 5.89 Å². The monoisotopic (exact) mass is 363 g/mol. The lowest BCUT2D eigenvalue weighted by atomic mass is 10.1. The van der Waals surface area contributed by atoms with Crippen molar-refractivity contribution in [1.29, 1.82) is 0 Å². The molecule has 0 amide bonds. The lowest BCUT2D eigenvalue weighted by Gasteiger charge is -1.98. The number of rotatable bonds is 4. The Balaban J connectivity index is 2.06. The maximum Gasteiger partial charge on any atom is 0.308 e. The number of carboxylic acids is 1. The predicted octanol–water partition coefficient (Wildman–Crippen LogP) is 4.67. The van der Waals surface area contributed by atoms with Crippen molar-refractivity contribution >= 4 is 56.0 Å². The lowest BCUT2D eigenvalue weighted by molar-refractivity contribution is -0.135. The van der Waals surface area contributed by atoms with Crippen LogP contribution in [0.4, 0.5) is 0 Å². The molecule has 2 heterocycles. The van der Waals surface area contributed by atoms with E-state index in [0.29, 0.717) is 17.0 Å². The van der Waals surface area contributed by atoms with Crippen molar-refractivity contribution in [3.63, 3.8) is 0 Å². The largest absolute Gasteiger partial charge is 0.481 e. The van der Waals surface area contributed by atoms with E-state index in [1.807, 2.05) is 35.7 Å². The van der Waals surface area contributed by atoms with Gasteiger partial charge in [0.1, 0.15) is 5.52 Å². The number of oxazole rings is 1. The summed E-state index contributed by atoms with van der Waals surface area (Å²) in [6.07, 6.45) is 1.66. The van der Waals surface area contributed by atoms with Crippen LogP contribution in [0.1, 0.15) is 17.2 Å². The second kappa shape index (κ2) is 5.83. The summed E-state index contributed by atoms with van der Waals surface area (Å²) >= 11 is 4.90. The summed E-state index contributed by atoms with van der Waals surface area (Å²) < 4.78 is 6.62. The number of carboxylic acid groups (broad SMARTS) is 1. The van der Waals surface area contributed by atoms with E-state index < -0.39 is 5.97 Å². The van der Waals surface area contributed by atoms with Crippen molar-refractivity contribution in [1.82, 2.24) is 4.98 Å². The Kier molecular flexibility index (Phi) is 3.90. The number of benzene rings is 1. The minimum Gasteiger partial charge on any atom is -0.481 e. The van der Waals surface area contributed by atoms with Gasteiger partial charge >= 0.3 is 5.97 Å². The van der Waals surface area contributed by atoms with E-state index in [1.54, 1.807) is 6.08 Å². The molecule has 4 nitrogen and oxygen atoms in total. The highest BCUT2D eigenvalue weighted by Gasteiger charge is 2.14. The molecule has 1 aromatic carbocycles. The van der Waals surface area contributed by atoms with Crippen molar-refractivity contribution in [2.45, 2.75) is 6.42 Å². The minimum atomic E-state index is -0.917. The molecule has 0 radical (unpaired) electrons. The zero-order valence-corrected chi connectivity index (χ0v) is 13.1. The molecular formula is C15H10BrNO3S. The molecule has 2 aromatic heterocycles. The summed E-state index contributed by atoms with van der Waals surface area (Å²) in [4.78, 5) is 16.4. The highest BCUT2D eigenvalue weighted by atomic mass is 79.9. The second-order valence-corrected chi connectivity index (χ2v) is 6.25. The van der Waals surface area contributed by atoms with E-state index in [2.05, 4.69) is 20.9 Å². The number of hydrogen-bond donors (Lipinski definition) is 1. The number of thiophene rings is 1. The number of halogens is 1. The van der Waals surface area contributed by atoms with E-state index in [4.69, 9.17) is 9.52 Å². The average Bonchev–Trinajstić information content (AvgIpc) is 3.03. The predicted molar refractivity (Wildman–Crippen MR) is 86.2 cm³/mol. The third-order valence-corrected chi connectivity index (χ3v) is 4.46. The Hall–Kier alpha value is -1.92. The average molecular weight is 364 g/mol. The Morgan fingerprint density at radius 3 is 2.90 bits per heavy atom. The van der Waals surface area contributed by atoms with Gasteiger partial charge in [-0.05, 0) is 40.2 Å². The summed E-state index contributed by atoms with van der Waals surface area (Å²) in [7, 11) is 0. The lowest BCUT2D eigenvalue weighted by Crippen LogP contribution is -1.97. The zero-order valence-electron chi connectivity index (χ0n) is 10.7. The number of hydrogen-bond acceptors (Lipinski definition) is 4. The van der Waals surface area contributed by atoms with Gasteiger partial charge in [0.05, 0.1) is 6.42 Å². The maximum atomic E-state index is 11.1. The summed E-state index contributed by atoms with van der Waals surface area (Å²) in [5.41, 5.74) is 1.92. The first-order valence-corrected chi connectivity index (χ1v) is 7.81. The number of carbonyl (C=O) groups is 1. The third-order valence-electron chi connectivity index (χ3n) is 2.81. The highest BCUT2D eigenvalue weighted by molar-refractivity contribution is 9.10. The molecule has 0 saturated heterocycles. The van der Waals surface area contributed by atoms with E-state index in [-0.39, 0.29) is 6.42 Å². The Morgan fingerprint density at radius 2 is 2.24 bits per heavy atom. The van der Waals surface area contributed by atoms with Crippen LogP contribution >= 0.6 is 27.3 Å². The van der Waals surface area contributed by atoms with Crippen LogP contribution in [-0.4, -0.2) is 16.1 Å². The molecule has 0 atom stereocenters. The normalized spacial score (nSPS) is 12.0. The van der Waals surface area contributed by atoms with Gasteiger partial charge in [0.15, 0.2) is 5.58 Å². The van der Waals surface area contributed by atoms with Crippen LogP contribution < -0.4 is 0 Å². The molecule has 0 fully saturated rings. The van der Waals surface area contributed by atoms with Crippen LogP contribution in [0.5, 0.6) is 0 Å². The number of fused-ring (bicyclic) bond motifs is 1. The van der Waals surface area contributed by atoms with E-state index in [9.17, 15) is 4.79 Å². The van der Waals surface area contributed by atoms with Gasteiger partial charge < -0.3 is 9.52 Å². The van der Waals surface area contributed by atoms with Crippen molar-refractivity contribution in [3.05, 3.63) is 51.0 Å². The van der Waals surface area contributed by atoms with Crippen molar-refractivity contribution in [2.75, 3.05) is 0 Å². The molecule has 0 saturated carbocycles. The Morgan fingerprint density at radius 1 is 1.43 bits per heavy atom. The van der Waals surface area contributed by atoms with Gasteiger partial charge in [-0.25, -0.2) is 4.98 Å². The van der Waals surface area contributed by atoms with Crippen LogP contribution in [0.3, 0.4) is 0 Å². The summed E-state index contributed by atoms with van der Waals surface area (Å²) in [5.74, 6) is -0.567. The summed E-state index contributed by atoms with van der Waals surface area (Å²) in [6.45, 7) is 0. The smallest absolute Gasteiger partial charge is 0.308 e. The van der Waals surface area contributed by atoms with Crippen molar-refractivity contribution in [3.8, 4) is 0 Å². The van der Waals surface area contributed by atoms with Gasteiger partial charge in [-0.15, -0.1) is 11.3 Å².